The number of nitrogens with one attached hydrogen (secondary N) is 1. The molecule has 8 heteroatoms. The maximum Gasteiger partial charge on any atom is 0.513 e. The number of amides is 2. The van der Waals surface area contributed by atoms with Gasteiger partial charge in [0.25, 0.3) is 5.91 Å². The second-order valence-corrected chi connectivity index (χ2v) is 8.38. The molecule has 0 radical (unpaired) electrons. The van der Waals surface area contributed by atoms with Crippen molar-refractivity contribution in [1.82, 2.24) is 10.2 Å². The van der Waals surface area contributed by atoms with E-state index in [0.717, 1.165) is 22.9 Å². The lowest BCUT2D eigenvalue weighted by Crippen LogP contribution is -2.46. The number of piperidine rings is 1. The number of benzene rings is 2. The lowest BCUT2D eigenvalue weighted by molar-refractivity contribution is -0.132. The van der Waals surface area contributed by atoms with Gasteiger partial charge in [0.15, 0.2) is 0 Å². The first-order valence-corrected chi connectivity index (χ1v) is 11.5. The van der Waals surface area contributed by atoms with Crippen LogP contribution in [0.25, 0.3) is 0 Å². The van der Waals surface area contributed by atoms with E-state index in [9.17, 15) is 14.4 Å². The highest BCUT2D eigenvalue weighted by molar-refractivity contribution is 9.10. The fourth-order valence-electron chi connectivity index (χ4n) is 3.56. The maximum absolute atomic E-state index is 12.6. The van der Waals surface area contributed by atoms with Crippen LogP contribution in [0.4, 0.5) is 4.79 Å². The second kappa shape index (κ2) is 11.7. The summed E-state index contributed by atoms with van der Waals surface area (Å²) in [6.45, 7) is 3.19. The molecule has 0 bridgehead atoms. The van der Waals surface area contributed by atoms with Crippen molar-refractivity contribution < 1.29 is 23.9 Å². The Morgan fingerprint density at radius 1 is 1.06 bits per heavy atom. The van der Waals surface area contributed by atoms with Crippen LogP contribution in [-0.2, 0) is 16.0 Å². The third-order valence-electron chi connectivity index (χ3n) is 5.33. The van der Waals surface area contributed by atoms with Crippen LogP contribution in [0.2, 0.25) is 0 Å². The summed E-state index contributed by atoms with van der Waals surface area (Å²) in [6.07, 6.45) is 1.84. The molecule has 170 valence electrons. The summed E-state index contributed by atoms with van der Waals surface area (Å²) in [5.41, 5.74) is 1.61. The number of nitrogens with zero attached hydrogens (tertiary/aromatic N) is 1. The summed E-state index contributed by atoms with van der Waals surface area (Å²) in [5, 5.41) is 3.02. The quantitative estimate of drug-likeness (QED) is 0.449. The molecule has 0 aromatic heterocycles. The van der Waals surface area contributed by atoms with Gasteiger partial charge in [-0.3, -0.25) is 9.59 Å². The number of rotatable bonds is 7. The molecule has 32 heavy (non-hydrogen) atoms. The van der Waals surface area contributed by atoms with E-state index in [1.54, 1.807) is 31.2 Å². The van der Waals surface area contributed by atoms with Crippen molar-refractivity contribution in [2.24, 2.45) is 0 Å². The molecule has 1 aliphatic rings. The molecule has 1 saturated heterocycles. The molecule has 0 spiro atoms. The molecule has 0 aliphatic carbocycles. The van der Waals surface area contributed by atoms with Crippen molar-refractivity contribution >= 4 is 33.9 Å². The molecular weight excluding hydrogens is 476 g/mol. The standard InChI is InChI=1S/C24H27BrN2O5/c1-2-31-24(30)32-20-10-7-18(8-11-20)23(29)26-19-13-15-27(16-14-19)22(28)12-9-17-5-3-4-6-21(17)25/h3-8,10-11,19H,2,9,12-16H2,1H3,(H,26,29). The summed E-state index contributed by atoms with van der Waals surface area (Å²) in [5.74, 6) is 0.267. The normalized spacial score (nSPS) is 14.0. The van der Waals surface area contributed by atoms with Crippen molar-refractivity contribution in [3.05, 3.63) is 64.1 Å². The number of ether oxygens (including phenoxy) is 2. The van der Waals surface area contributed by atoms with Crippen LogP contribution in [0.5, 0.6) is 5.75 Å². The zero-order chi connectivity index (χ0) is 22.9. The van der Waals surface area contributed by atoms with Crippen molar-refractivity contribution in [2.45, 2.75) is 38.6 Å². The van der Waals surface area contributed by atoms with Gasteiger partial charge in [0.05, 0.1) is 6.61 Å². The predicted molar refractivity (Wildman–Crippen MR) is 124 cm³/mol. The highest BCUT2D eigenvalue weighted by Crippen LogP contribution is 2.19. The van der Waals surface area contributed by atoms with E-state index in [1.165, 1.54) is 0 Å². The van der Waals surface area contributed by atoms with Gasteiger partial charge in [0.2, 0.25) is 5.91 Å². The number of carbonyl (C=O) groups excluding carboxylic acids is 3. The minimum absolute atomic E-state index is 0.0188. The SMILES string of the molecule is CCOC(=O)Oc1ccc(C(=O)NC2CCN(C(=O)CCc3ccccc3Br)CC2)cc1. The van der Waals surface area contributed by atoms with Crippen molar-refractivity contribution in [3.8, 4) is 5.75 Å². The second-order valence-electron chi connectivity index (χ2n) is 7.53. The smallest absolute Gasteiger partial charge is 0.434 e. The Balaban J connectivity index is 1.42. The topological polar surface area (TPSA) is 84.9 Å². The minimum atomic E-state index is -0.776. The van der Waals surface area contributed by atoms with Gasteiger partial charge in [-0.05, 0) is 62.1 Å². The Hall–Kier alpha value is -2.87. The van der Waals surface area contributed by atoms with Crippen LogP contribution in [0.15, 0.2) is 53.0 Å². The first-order valence-electron chi connectivity index (χ1n) is 10.7. The first-order chi connectivity index (χ1) is 15.5. The summed E-state index contributed by atoms with van der Waals surface area (Å²) in [7, 11) is 0. The largest absolute Gasteiger partial charge is 0.513 e. The summed E-state index contributed by atoms with van der Waals surface area (Å²) in [4.78, 5) is 38.3. The molecule has 1 fully saturated rings. The van der Waals surface area contributed by atoms with Gasteiger partial charge < -0.3 is 19.7 Å². The average molecular weight is 503 g/mol. The lowest BCUT2D eigenvalue weighted by Gasteiger charge is -2.32. The van der Waals surface area contributed by atoms with Gasteiger partial charge in [0, 0.05) is 35.6 Å². The Morgan fingerprint density at radius 3 is 2.41 bits per heavy atom. The Labute approximate surface area is 196 Å². The van der Waals surface area contributed by atoms with E-state index in [2.05, 4.69) is 21.2 Å². The zero-order valence-electron chi connectivity index (χ0n) is 18.0. The maximum atomic E-state index is 12.6. The molecule has 1 N–H and O–H groups in total. The molecule has 1 heterocycles. The fraction of sp³-hybridized carbons (Fsp3) is 0.375. The van der Waals surface area contributed by atoms with E-state index < -0.39 is 6.16 Å². The van der Waals surface area contributed by atoms with Crippen LogP contribution in [0.1, 0.15) is 42.1 Å². The molecule has 0 saturated carbocycles. The monoisotopic (exact) mass is 502 g/mol. The lowest BCUT2D eigenvalue weighted by atomic mass is 10.0. The average Bonchev–Trinajstić information content (AvgIpc) is 2.79. The molecular formula is C24H27BrN2O5. The number of likely N-dealkylation sites (tertiary alicyclic amines) is 1. The number of halogens is 1. The third kappa shape index (κ3) is 6.82. The van der Waals surface area contributed by atoms with E-state index in [4.69, 9.17) is 9.47 Å². The number of aryl methyl sites for hydroxylation is 1. The number of hydrogen-bond donors (Lipinski definition) is 1. The summed E-state index contributed by atoms with van der Waals surface area (Å²) >= 11 is 3.52. The van der Waals surface area contributed by atoms with Crippen LogP contribution in [0.3, 0.4) is 0 Å². The minimum Gasteiger partial charge on any atom is -0.434 e. The summed E-state index contributed by atoms with van der Waals surface area (Å²) in [6, 6.07) is 14.3. The van der Waals surface area contributed by atoms with Crippen LogP contribution < -0.4 is 10.1 Å². The molecule has 7 nitrogen and oxygen atoms in total. The summed E-state index contributed by atoms with van der Waals surface area (Å²) < 4.78 is 10.7. The van der Waals surface area contributed by atoms with E-state index in [0.29, 0.717) is 37.2 Å². The fourth-order valence-corrected chi connectivity index (χ4v) is 4.04. The van der Waals surface area contributed by atoms with E-state index in [-0.39, 0.29) is 24.5 Å². The molecule has 0 unspecified atom stereocenters. The van der Waals surface area contributed by atoms with Gasteiger partial charge in [0.1, 0.15) is 5.75 Å². The number of carbonyl (C=O) groups is 3. The highest BCUT2D eigenvalue weighted by atomic mass is 79.9. The van der Waals surface area contributed by atoms with Gasteiger partial charge in [-0.25, -0.2) is 4.79 Å². The Kier molecular flexibility index (Phi) is 8.67. The molecule has 2 amide bonds. The van der Waals surface area contributed by atoms with Crippen LogP contribution >= 0.6 is 15.9 Å². The first kappa shape index (κ1) is 23.8. The number of hydrogen-bond acceptors (Lipinski definition) is 5. The third-order valence-corrected chi connectivity index (χ3v) is 6.10. The molecule has 3 rings (SSSR count). The van der Waals surface area contributed by atoms with Crippen molar-refractivity contribution in [2.75, 3.05) is 19.7 Å². The van der Waals surface area contributed by atoms with Crippen molar-refractivity contribution in [1.29, 1.82) is 0 Å². The van der Waals surface area contributed by atoms with E-state index >= 15 is 0 Å². The van der Waals surface area contributed by atoms with Gasteiger partial charge in [-0.1, -0.05) is 34.1 Å². The van der Waals surface area contributed by atoms with E-state index in [1.807, 2.05) is 29.2 Å². The Morgan fingerprint density at radius 2 is 1.75 bits per heavy atom. The molecule has 2 aromatic rings. The van der Waals surface area contributed by atoms with Gasteiger partial charge in [-0.15, -0.1) is 0 Å². The highest BCUT2D eigenvalue weighted by Gasteiger charge is 2.24. The van der Waals surface area contributed by atoms with Crippen LogP contribution in [0, 0.1) is 0 Å². The van der Waals surface area contributed by atoms with Crippen molar-refractivity contribution in [3.63, 3.8) is 0 Å². The molecule has 2 aromatic carbocycles. The predicted octanol–water partition coefficient (Wildman–Crippen LogP) is 4.34. The Bertz CT molecular complexity index is 940. The molecule has 1 aliphatic heterocycles. The molecule has 0 atom stereocenters. The van der Waals surface area contributed by atoms with Gasteiger partial charge >= 0.3 is 6.16 Å². The van der Waals surface area contributed by atoms with Gasteiger partial charge in [-0.2, -0.15) is 0 Å². The zero-order valence-corrected chi connectivity index (χ0v) is 19.6. The van der Waals surface area contributed by atoms with Crippen LogP contribution in [-0.4, -0.2) is 48.6 Å².